The van der Waals surface area contributed by atoms with E-state index in [0.29, 0.717) is 59.4 Å². The second kappa shape index (κ2) is 9.19. The van der Waals surface area contributed by atoms with Crippen molar-refractivity contribution in [3.8, 4) is 22.1 Å². The molecule has 9 heteroatoms. The van der Waals surface area contributed by atoms with Crippen LogP contribution >= 0.6 is 11.3 Å². The number of nitrogens with one attached hydrogen (secondary N) is 1. The van der Waals surface area contributed by atoms with Crippen LogP contribution in [0.5, 0.6) is 11.5 Å². The first-order chi connectivity index (χ1) is 16.0. The largest absolute Gasteiger partial charge is 0.454 e. The molecule has 0 bridgehead atoms. The zero-order valence-electron chi connectivity index (χ0n) is 17.8. The van der Waals surface area contributed by atoms with E-state index in [4.69, 9.17) is 9.47 Å². The van der Waals surface area contributed by atoms with E-state index in [2.05, 4.69) is 10.3 Å². The molecule has 0 aliphatic carbocycles. The van der Waals surface area contributed by atoms with Crippen LogP contribution in [0, 0.1) is 11.7 Å². The number of nitrogens with zero attached hydrogens (tertiary/aromatic N) is 2. The zero-order chi connectivity index (χ0) is 22.8. The molecule has 2 aliphatic heterocycles. The van der Waals surface area contributed by atoms with Gasteiger partial charge in [0.1, 0.15) is 10.8 Å². The van der Waals surface area contributed by atoms with Gasteiger partial charge in [0.2, 0.25) is 18.6 Å². The van der Waals surface area contributed by atoms with Gasteiger partial charge in [-0.1, -0.05) is 12.1 Å². The van der Waals surface area contributed by atoms with E-state index in [-0.39, 0.29) is 36.8 Å². The zero-order valence-corrected chi connectivity index (χ0v) is 18.6. The predicted octanol–water partition coefficient (Wildman–Crippen LogP) is 4.10. The van der Waals surface area contributed by atoms with E-state index in [1.165, 1.54) is 23.5 Å². The fourth-order valence-electron chi connectivity index (χ4n) is 4.02. The molecular formula is C24H22FN3O4S. The maximum absolute atomic E-state index is 13.5. The fourth-order valence-corrected chi connectivity index (χ4v) is 4.84. The molecule has 0 radical (unpaired) electrons. The summed E-state index contributed by atoms with van der Waals surface area (Å²) in [6, 6.07) is 11.6. The molecule has 5 rings (SSSR count). The van der Waals surface area contributed by atoms with Crippen LogP contribution in [0.1, 0.15) is 18.5 Å². The van der Waals surface area contributed by atoms with Crippen LogP contribution in [-0.2, 0) is 16.0 Å². The lowest BCUT2D eigenvalue weighted by Crippen LogP contribution is -2.42. The summed E-state index contributed by atoms with van der Waals surface area (Å²) in [6.07, 6.45) is 1.40. The van der Waals surface area contributed by atoms with Gasteiger partial charge >= 0.3 is 0 Å². The van der Waals surface area contributed by atoms with Crippen molar-refractivity contribution < 1.29 is 23.5 Å². The van der Waals surface area contributed by atoms with Crippen molar-refractivity contribution in [2.75, 3.05) is 25.2 Å². The highest BCUT2D eigenvalue weighted by Gasteiger charge is 2.28. The Morgan fingerprint density at radius 3 is 2.76 bits per heavy atom. The quantitative estimate of drug-likeness (QED) is 0.611. The maximum Gasteiger partial charge on any atom is 0.231 e. The van der Waals surface area contributed by atoms with Crippen LogP contribution in [0.15, 0.2) is 47.8 Å². The number of fused-ring (bicyclic) bond motifs is 1. The lowest BCUT2D eigenvalue weighted by atomic mass is 9.95. The number of hydrogen-bond donors (Lipinski definition) is 1. The smallest absolute Gasteiger partial charge is 0.231 e. The molecule has 33 heavy (non-hydrogen) atoms. The van der Waals surface area contributed by atoms with Gasteiger partial charge in [-0.3, -0.25) is 9.59 Å². The molecule has 3 aromatic rings. The first-order valence-electron chi connectivity index (χ1n) is 10.7. The van der Waals surface area contributed by atoms with Gasteiger partial charge < -0.3 is 19.7 Å². The van der Waals surface area contributed by atoms with E-state index < -0.39 is 0 Å². The second-order valence-electron chi connectivity index (χ2n) is 8.04. The summed E-state index contributed by atoms with van der Waals surface area (Å²) in [5.41, 5.74) is 2.04. The van der Waals surface area contributed by atoms with Crippen LogP contribution in [0.4, 0.5) is 10.1 Å². The highest BCUT2D eigenvalue weighted by molar-refractivity contribution is 7.13. The number of halogens is 1. The van der Waals surface area contributed by atoms with Crippen molar-refractivity contribution in [2.24, 2.45) is 5.92 Å². The third-order valence-corrected chi connectivity index (χ3v) is 6.75. The van der Waals surface area contributed by atoms with Crippen LogP contribution in [0.3, 0.4) is 0 Å². The number of piperidine rings is 1. The molecular weight excluding hydrogens is 445 g/mol. The third-order valence-electron chi connectivity index (χ3n) is 5.81. The number of benzene rings is 2. The Hall–Kier alpha value is -3.46. The highest BCUT2D eigenvalue weighted by atomic mass is 32.1. The highest BCUT2D eigenvalue weighted by Crippen LogP contribution is 2.34. The fraction of sp³-hybridized carbons (Fsp3) is 0.292. The molecule has 3 heterocycles. The summed E-state index contributed by atoms with van der Waals surface area (Å²) < 4.78 is 24.1. The van der Waals surface area contributed by atoms with Crippen molar-refractivity contribution in [1.29, 1.82) is 0 Å². The van der Waals surface area contributed by atoms with Crippen molar-refractivity contribution in [3.05, 3.63) is 59.4 Å². The van der Waals surface area contributed by atoms with E-state index in [0.717, 1.165) is 0 Å². The third kappa shape index (κ3) is 4.83. The van der Waals surface area contributed by atoms with E-state index in [1.807, 2.05) is 5.38 Å². The van der Waals surface area contributed by atoms with Crippen LogP contribution in [0.25, 0.3) is 10.6 Å². The first kappa shape index (κ1) is 21.4. The average Bonchev–Trinajstić information content (AvgIpc) is 3.48. The number of anilines is 1. The molecule has 2 amide bonds. The van der Waals surface area contributed by atoms with Gasteiger partial charge in [0.15, 0.2) is 11.5 Å². The Morgan fingerprint density at radius 1 is 1.12 bits per heavy atom. The predicted molar refractivity (Wildman–Crippen MR) is 122 cm³/mol. The standard InChI is InChI=1S/C24H22FN3O4S/c25-17-3-1-2-16(10-17)24-27-19(13-33-24)12-22(29)28-8-6-15(7-9-28)23(30)26-18-4-5-20-21(11-18)32-14-31-20/h1-5,10-11,13,15H,6-9,12,14H2,(H,26,30). The molecule has 0 unspecified atom stereocenters. The first-order valence-corrected chi connectivity index (χ1v) is 11.6. The van der Waals surface area contributed by atoms with Gasteiger partial charge in [-0.25, -0.2) is 9.37 Å². The number of carbonyl (C=O) groups is 2. The Balaban J connectivity index is 1.13. The lowest BCUT2D eigenvalue weighted by Gasteiger charge is -2.31. The van der Waals surface area contributed by atoms with Gasteiger partial charge in [-0.15, -0.1) is 11.3 Å². The van der Waals surface area contributed by atoms with Crippen molar-refractivity contribution in [2.45, 2.75) is 19.3 Å². The molecule has 0 saturated carbocycles. The van der Waals surface area contributed by atoms with Gasteiger partial charge in [0.05, 0.1) is 12.1 Å². The minimum atomic E-state index is -0.314. The minimum absolute atomic E-state index is 0.0132. The van der Waals surface area contributed by atoms with Crippen molar-refractivity contribution in [1.82, 2.24) is 9.88 Å². The van der Waals surface area contributed by atoms with Gasteiger partial charge in [0, 0.05) is 41.7 Å². The molecule has 1 fully saturated rings. The molecule has 1 aromatic heterocycles. The normalized spacial score (nSPS) is 15.5. The summed E-state index contributed by atoms with van der Waals surface area (Å²) in [5.74, 6) is 0.754. The molecule has 2 aliphatic rings. The number of amides is 2. The minimum Gasteiger partial charge on any atom is -0.454 e. The number of ether oxygens (including phenoxy) is 2. The number of likely N-dealkylation sites (tertiary alicyclic amines) is 1. The Labute approximate surface area is 194 Å². The number of aromatic nitrogens is 1. The Kier molecular flexibility index (Phi) is 5.95. The molecule has 0 spiro atoms. The van der Waals surface area contributed by atoms with E-state index in [1.54, 1.807) is 35.2 Å². The van der Waals surface area contributed by atoms with Crippen molar-refractivity contribution in [3.63, 3.8) is 0 Å². The number of rotatable bonds is 5. The molecule has 2 aromatic carbocycles. The van der Waals surface area contributed by atoms with Gasteiger partial charge in [-0.2, -0.15) is 0 Å². The molecule has 7 nitrogen and oxygen atoms in total. The molecule has 0 atom stereocenters. The maximum atomic E-state index is 13.5. The van der Waals surface area contributed by atoms with Crippen LogP contribution in [-0.4, -0.2) is 41.6 Å². The Bertz CT molecular complexity index is 1190. The summed E-state index contributed by atoms with van der Waals surface area (Å²) in [7, 11) is 0. The lowest BCUT2D eigenvalue weighted by molar-refractivity contribution is -0.133. The van der Waals surface area contributed by atoms with Gasteiger partial charge in [-0.05, 0) is 37.1 Å². The summed E-state index contributed by atoms with van der Waals surface area (Å²) >= 11 is 1.39. The average molecular weight is 468 g/mol. The summed E-state index contributed by atoms with van der Waals surface area (Å²) in [4.78, 5) is 31.7. The summed E-state index contributed by atoms with van der Waals surface area (Å²) in [5, 5.41) is 5.46. The monoisotopic (exact) mass is 467 g/mol. The Morgan fingerprint density at radius 2 is 1.94 bits per heavy atom. The number of thiazole rings is 1. The molecule has 170 valence electrons. The van der Waals surface area contributed by atoms with Gasteiger partial charge in [0.25, 0.3) is 0 Å². The van der Waals surface area contributed by atoms with Crippen LogP contribution < -0.4 is 14.8 Å². The number of carbonyl (C=O) groups excluding carboxylic acids is 2. The van der Waals surface area contributed by atoms with E-state index in [9.17, 15) is 14.0 Å². The molecule has 1 N–H and O–H groups in total. The molecule has 1 saturated heterocycles. The van der Waals surface area contributed by atoms with E-state index >= 15 is 0 Å². The second-order valence-corrected chi connectivity index (χ2v) is 8.90. The number of hydrogen-bond acceptors (Lipinski definition) is 6. The van der Waals surface area contributed by atoms with Crippen molar-refractivity contribution >= 4 is 28.8 Å². The SMILES string of the molecule is O=C(Nc1ccc2c(c1)OCO2)C1CCN(C(=O)Cc2csc(-c3cccc(F)c3)n2)CC1. The summed E-state index contributed by atoms with van der Waals surface area (Å²) in [6.45, 7) is 1.24. The van der Waals surface area contributed by atoms with Crippen LogP contribution in [0.2, 0.25) is 0 Å². The topological polar surface area (TPSA) is 80.8 Å².